The monoisotopic (exact) mass is 349 g/mol. The summed E-state index contributed by atoms with van der Waals surface area (Å²) in [5, 5.41) is 8.67. The van der Waals surface area contributed by atoms with Gasteiger partial charge in [-0.3, -0.25) is 9.48 Å². The Morgan fingerprint density at radius 2 is 2.04 bits per heavy atom. The van der Waals surface area contributed by atoms with Crippen LogP contribution in [0.5, 0.6) is 0 Å². The van der Waals surface area contributed by atoms with Gasteiger partial charge in [-0.1, -0.05) is 18.2 Å². The minimum atomic E-state index is 0.229. The third-order valence-electron chi connectivity index (χ3n) is 4.94. The van der Waals surface area contributed by atoms with Gasteiger partial charge in [-0.25, -0.2) is 4.68 Å². The van der Waals surface area contributed by atoms with Gasteiger partial charge in [0, 0.05) is 31.6 Å². The third kappa shape index (κ3) is 3.69. The van der Waals surface area contributed by atoms with Gasteiger partial charge >= 0.3 is 0 Å². The number of likely N-dealkylation sites (tertiary alicyclic amines) is 1. The van der Waals surface area contributed by atoms with E-state index in [4.69, 9.17) is 0 Å². The van der Waals surface area contributed by atoms with Gasteiger partial charge in [0.1, 0.15) is 0 Å². The zero-order valence-electron chi connectivity index (χ0n) is 14.7. The van der Waals surface area contributed by atoms with E-state index in [9.17, 15) is 4.79 Å². The summed E-state index contributed by atoms with van der Waals surface area (Å²) in [4.78, 5) is 14.7. The Bertz CT molecular complexity index is 840. The molecule has 3 aromatic rings. The topological polar surface area (TPSA) is 56.0 Å². The van der Waals surface area contributed by atoms with Crippen molar-refractivity contribution >= 4 is 5.91 Å². The van der Waals surface area contributed by atoms with Crippen molar-refractivity contribution in [2.24, 2.45) is 0 Å². The van der Waals surface area contributed by atoms with Crippen LogP contribution >= 0.6 is 0 Å². The molecular weight excluding hydrogens is 326 g/mol. The van der Waals surface area contributed by atoms with Gasteiger partial charge in [-0.15, -0.1) is 0 Å². The number of aromatic nitrogens is 4. The lowest BCUT2D eigenvalue weighted by Gasteiger charge is -2.24. The maximum absolute atomic E-state index is 12.7. The van der Waals surface area contributed by atoms with Gasteiger partial charge in [0.05, 0.1) is 24.5 Å². The highest BCUT2D eigenvalue weighted by Crippen LogP contribution is 2.20. The molecule has 0 saturated carbocycles. The second-order valence-corrected chi connectivity index (χ2v) is 6.74. The lowest BCUT2D eigenvalue weighted by atomic mass is 10.1. The number of rotatable bonds is 6. The van der Waals surface area contributed by atoms with Crippen LogP contribution < -0.4 is 0 Å². The van der Waals surface area contributed by atoms with Crippen LogP contribution in [-0.2, 0) is 17.8 Å². The van der Waals surface area contributed by atoms with Crippen molar-refractivity contribution in [1.29, 1.82) is 0 Å². The molecule has 1 fully saturated rings. The van der Waals surface area contributed by atoms with Gasteiger partial charge in [-0.2, -0.15) is 10.2 Å². The maximum Gasteiger partial charge on any atom is 0.223 e. The van der Waals surface area contributed by atoms with E-state index in [0.717, 1.165) is 43.6 Å². The number of carbonyl (C=O) groups excluding carboxylic acids is 1. The van der Waals surface area contributed by atoms with E-state index < -0.39 is 0 Å². The molecule has 0 radical (unpaired) electrons. The SMILES string of the molecule is O=C(CCc1cnn(-c2ccccc2)c1)N1CCC[C@@H]1Cn1cccn1. The van der Waals surface area contributed by atoms with Crippen molar-refractivity contribution in [3.63, 3.8) is 0 Å². The fourth-order valence-electron chi connectivity index (χ4n) is 3.58. The lowest BCUT2D eigenvalue weighted by molar-refractivity contribution is -0.132. The fourth-order valence-corrected chi connectivity index (χ4v) is 3.58. The molecule has 0 bridgehead atoms. The van der Waals surface area contributed by atoms with Crippen molar-refractivity contribution in [2.45, 2.75) is 38.3 Å². The first-order valence-electron chi connectivity index (χ1n) is 9.15. The van der Waals surface area contributed by atoms with Crippen molar-refractivity contribution in [3.8, 4) is 5.69 Å². The first-order chi connectivity index (χ1) is 12.8. The average molecular weight is 349 g/mol. The molecule has 4 rings (SSSR count). The molecule has 1 amide bonds. The molecule has 0 unspecified atom stereocenters. The van der Waals surface area contributed by atoms with Gasteiger partial charge in [0.15, 0.2) is 0 Å². The molecule has 0 aliphatic carbocycles. The molecule has 1 atom stereocenters. The molecule has 1 aliphatic rings. The lowest BCUT2D eigenvalue weighted by Crippen LogP contribution is -2.38. The van der Waals surface area contributed by atoms with Crippen LogP contribution in [0.25, 0.3) is 5.69 Å². The molecule has 0 N–H and O–H groups in total. The normalized spacial score (nSPS) is 16.9. The first-order valence-corrected chi connectivity index (χ1v) is 9.15. The summed E-state index contributed by atoms with van der Waals surface area (Å²) in [7, 11) is 0. The van der Waals surface area contributed by atoms with Crippen LogP contribution in [0, 0.1) is 0 Å². The number of para-hydroxylation sites is 1. The maximum atomic E-state index is 12.7. The largest absolute Gasteiger partial charge is 0.338 e. The molecule has 26 heavy (non-hydrogen) atoms. The number of aryl methyl sites for hydroxylation is 1. The standard InChI is InChI=1S/C20H23N5O/c26-20(24-13-4-8-19(24)16-23-12-5-11-21-23)10-9-17-14-22-25(15-17)18-6-2-1-3-7-18/h1-3,5-7,11-12,14-15,19H,4,8-10,13,16H2/t19-/m1/s1. The number of carbonyl (C=O) groups is 1. The minimum absolute atomic E-state index is 0.229. The van der Waals surface area contributed by atoms with Crippen molar-refractivity contribution in [2.75, 3.05) is 6.54 Å². The summed E-state index contributed by atoms with van der Waals surface area (Å²) in [5.74, 6) is 0.229. The van der Waals surface area contributed by atoms with Gasteiger partial charge in [-0.05, 0) is 43.0 Å². The van der Waals surface area contributed by atoms with Gasteiger partial charge in [0.25, 0.3) is 0 Å². The van der Waals surface area contributed by atoms with Crippen LogP contribution in [0.4, 0.5) is 0 Å². The third-order valence-corrected chi connectivity index (χ3v) is 4.94. The van der Waals surface area contributed by atoms with E-state index in [1.54, 1.807) is 6.20 Å². The summed E-state index contributed by atoms with van der Waals surface area (Å²) in [6, 6.07) is 12.2. The summed E-state index contributed by atoms with van der Waals surface area (Å²) in [6.07, 6.45) is 11.0. The molecule has 134 valence electrons. The summed E-state index contributed by atoms with van der Waals surface area (Å²) in [5.41, 5.74) is 2.12. The van der Waals surface area contributed by atoms with E-state index in [1.165, 1.54) is 0 Å². The molecule has 1 aromatic carbocycles. The minimum Gasteiger partial charge on any atom is -0.338 e. The van der Waals surface area contributed by atoms with E-state index in [1.807, 2.05) is 69.3 Å². The zero-order valence-corrected chi connectivity index (χ0v) is 14.7. The van der Waals surface area contributed by atoms with Crippen molar-refractivity contribution in [1.82, 2.24) is 24.5 Å². The smallest absolute Gasteiger partial charge is 0.223 e. The zero-order chi connectivity index (χ0) is 17.8. The number of nitrogens with zero attached hydrogens (tertiary/aromatic N) is 5. The Kier molecular flexibility index (Phi) is 4.82. The summed E-state index contributed by atoms with van der Waals surface area (Å²) < 4.78 is 3.77. The van der Waals surface area contributed by atoms with E-state index in [2.05, 4.69) is 10.2 Å². The quantitative estimate of drug-likeness (QED) is 0.687. The second-order valence-electron chi connectivity index (χ2n) is 6.74. The first kappa shape index (κ1) is 16.6. The number of hydrogen-bond acceptors (Lipinski definition) is 3. The number of benzene rings is 1. The Labute approximate surface area is 153 Å². The Balaban J connectivity index is 1.34. The molecule has 3 heterocycles. The van der Waals surface area contributed by atoms with Crippen LogP contribution in [0.1, 0.15) is 24.8 Å². The van der Waals surface area contributed by atoms with Crippen molar-refractivity contribution < 1.29 is 4.79 Å². The van der Waals surface area contributed by atoms with E-state index >= 15 is 0 Å². The molecule has 2 aromatic heterocycles. The Morgan fingerprint density at radius 1 is 1.15 bits per heavy atom. The van der Waals surface area contributed by atoms with Crippen LogP contribution in [0.2, 0.25) is 0 Å². The number of amides is 1. The predicted octanol–water partition coefficient (Wildman–Crippen LogP) is 2.69. The highest BCUT2D eigenvalue weighted by atomic mass is 16.2. The molecule has 6 heteroatoms. The number of hydrogen-bond donors (Lipinski definition) is 0. The average Bonchev–Trinajstić information content (AvgIpc) is 3.43. The highest BCUT2D eigenvalue weighted by molar-refractivity contribution is 5.77. The van der Waals surface area contributed by atoms with Crippen LogP contribution in [0.15, 0.2) is 61.2 Å². The molecule has 0 spiro atoms. The molecular formula is C20H23N5O. The van der Waals surface area contributed by atoms with E-state index in [0.29, 0.717) is 6.42 Å². The summed E-state index contributed by atoms with van der Waals surface area (Å²) >= 11 is 0. The molecule has 6 nitrogen and oxygen atoms in total. The summed E-state index contributed by atoms with van der Waals surface area (Å²) in [6.45, 7) is 1.64. The molecule has 1 aliphatic heterocycles. The van der Waals surface area contributed by atoms with Crippen molar-refractivity contribution in [3.05, 3.63) is 66.7 Å². The van der Waals surface area contributed by atoms with E-state index in [-0.39, 0.29) is 11.9 Å². The Hall–Kier alpha value is -2.89. The van der Waals surface area contributed by atoms with Crippen LogP contribution in [-0.4, -0.2) is 43.0 Å². The predicted molar refractivity (Wildman–Crippen MR) is 98.8 cm³/mol. The second kappa shape index (κ2) is 7.56. The van der Waals surface area contributed by atoms with Gasteiger partial charge in [0.2, 0.25) is 5.91 Å². The highest BCUT2D eigenvalue weighted by Gasteiger charge is 2.28. The Morgan fingerprint density at radius 3 is 2.85 bits per heavy atom. The fraction of sp³-hybridized carbons (Fsp3) is 0.350. The van der Waals surface area contributed by atoms with Gasteiger partial charge < -0.3 is 4.90 Å². The molecule has 1 saturated heterocycles. The van der Waals surface area contributed by atoms with Crippen LogP contribution in [0.3, 0.4) is 0 Å².